The van der Waals surface area contributed by atoms with Crippen LogP contribution in [0.3, 0.4) is 0 Å². The lowest BCUT2D eigenvalue weighted by Gasteiger charge is -2.58. The van der Waals surface area contributed by atoms with E-state index < -0.39 is 10.7 Å². The molecule has 1 fully saturated rings. The molecule has 11 heteroatoms. The summed E-state index contributed by atoms with van der Waals surface area (Å²) < 4.78 is 21.3. The first-order chi connectivity index (χ1) is 32.9. The molecule has 2 N–H and O–H groups in total. The average Bonchev–Trinajstić information content (AvgIpc) is 3.36. The number of nitrogens with zero attached hydrogens (tertiary/aromatic N) is 2. The van der Waals surface area contributed by atoms with Gasteiger partial charge in [0.2, 0.25) is 5.79 Å². The average molecular weight is 917 g/mol. The van der Waals surface area contributed by atoms with Gasteiger partial charge in [-0.3, -0.25) is 10.1 Å². The molecule has 9 rings (SSSR count). The SMILES string of the molecule is C=CCOC12Oc3ccc(Oc4ccc(-c5ccccc5)cc4)cc3C3C(CCCCO)C(CCCCO)C=C(C(=NOCc4ccc([N+](=O)[O-])cc4)CC1Sc1ccc4ccccc4c1)C32. The first-order valence-electron chi connectivity index (χ1n) is 23.3. The summed E-state index contributed by atoms with van der Waals surface area (Å²) in [7, 11) is 0. The third kappa shape index (κ3) is 10.1. The quantitative estimate of drug-likeness (QED) is 0.0332. The Labute approximate surface area is 396 Å². The molecule has 10 nitrogen and oxygen atoms in total. The van der Waals surface area contributed by atoms with Crippen molar-refractivity contribution in [1.29, 1.82) is 0 Å². The van der Waals surface area contributed by atoms with Crippen molar-refractivity contribution < 1.29 is 34.2 Å². The van der Waals surface area contributed by atoms with Crippen LogP contribution >= 0.6 is 11.8 Å². The number of thioether (sulfide) groups is 1. The predicted octanol–water partition coefficient (Wildman–Crippen LogP) is 12.8. The second-order valence-electron chi connectivity index (χ2n) is 17.6. The van der Waals surface area contributed by atoms with Gasteiger partial charge in [0.05, 0.1) is 28.4 Å². The third-order valence-corrected chi connectivity index (χ3v) is 14.7. The monoisotopic (exact) mass is 916 g/mol. The zero-order valence-electron chi connectivity index (χ0n) is 37.5. The molecule has 1 saturated carbocycles. The molecule has 67 heavy (non-hydrogen) atoms. The summed E-state index contributed by atoms with van der Waals surface area (Å²) in [6, 6.07) is 45.7. The molecule has 0 aromatic heterocycles. The van der Waals surface area contributed by atoms with Gasteiger partial charge in [0, 0.05) is 48.1 Å². The predicted molar refractivity (Wildman–Crippen MR) is 265 cm³/mol. The van der Waals surface area contributed by atoms with Crippen LogP contribution in [0.15, 0.2) is 174 Å². The van der Waals surface area contributed by atoms with Gasteiger partial charge in [0.25, 0.3) is 5.69 Å². The number of aliphatic hydroxyl groups excluding tert-OH is 2. The van der Waals surface area contributed by atoms with E-state index in [0.717, 1.165) is 86.4 Å². The first kappa shape index (κ1) is 45.9. The van der Waals surface area contributed by atoms with Gasteiger partial charge in [0.15, 0.2) is 0 Å². The Morgan fingerprint density at radius 2 is 1.52 bits per heavy atom. The van der Waals surface area contributed by atoms with E-state index in [0.29, 0.717) is 25.0 Å². The Morgan fingerprint density at radius 3 is 2.27 bits per heavy atom. The van der Waals surface area contributed by atoms with E-state index in [2.05, 4.69) is 79.4 Å². The molecule has 1 heterocycles. The molecular weight excluding hydrogens is 861 g/mol. The lowest BCUT2D eigenvalue weighted by Crippen LogP contribution is -2.64. The van der Waals surface area contributed by atoms with E-state index in [9.17, 15) is 20.3 Å². The van der Waals surface area contributed by atoms with Crippen molar-refractivity contribution in [3.05, 3.63) is 185 Å². The normalized spacial score (nSPS) is 22.3. The summed E-state index contributed by atoms with van der Waals surface area (Å²) >= 11 is 1.71. The van der Waals surface area contributed by atoms with E-state index in [1.807, 2.05) is 48.5 Å². The van der Waals surface area contributed by atoms with Gasteiger partial charge in [0.1, 0.15) is 23.9 Å². The topological polar surface area (TPSA) is 133 Å². The summed E-state index contributed by atoms with van der Waals surface area (Å²) in [5.74, 6) is 0.705. The number of non-ortho nitro benzene ring substituents is 1. The highest BCUT2D eigenvalue weighted by molar-refractivity contribution is 8.00. The number of benzene rings is 6. The fourth-order valence-electron chi connectivity index (χ4n) is 10.3. The van der Waals surface area contributed by atoms with Crippen LogP contribution in [0.1, 0.15) is 62.0 Å². The minimum atomic E-state index is -1.17. The van der Waals surface area contributed by atoms with Gasteiger partial charge in [-0.15, -0.1) is 18.3 Å². The fourth-order valence-corrected chi connectivity index (χ4v) is 11.6. The maximum absolute atomic E-state index is 11.4. The van der Waals surface area contributed by atoms with Crippen molar-refractivity contribution in [2.45, 2.75) is 73.4 Å². The summed E-state index contributed by atoms with van der Waals surface area (Å²) in [5, 5.41) is 38.3. The Bertz CT molecular complexity index is 2720. The number of aliphatic hydroxyl groups is 2. The maximum Gasteiger partial charge on any atom is 0.269 e. The number of nitro benzene ring substituents is 1. The highest BCUT2D eigenvalue weighted by Gasteiger charge is 2.64. The van der Waals surface area contributed by atoms with E-state index in [1.165, 1.54) is 12.1 Å². The van der Waals surface area contributed by atoms with E-state index in [4.69, 9.17) is 24.2 Å². The van der Waals surface area contributed by atoms with Crippen LogP contribution in [-0.2, 0) is 16.2 Å². The molecule has 0 spiro atoms. The number of fused-ring (bicyclic) bond motifs is 3. The molecule has 0 radical (unpaired) electrons. The van der Waals surface area contributed by atoms with Crippen molar-refractivity contribution in [2.24, 2.45) is 22.9 Å². The van der Waals surface area contributed by atoms with Crippen molar-refractivity contribution in [3.8, 4) is 28.4 Å². The number of hydrogen-bond donors (Lipinski definition) is 2. The maximum atomic E-state index is 11.4. The minimum absolute atomic E-state index is 0.0121. The Balaban J connectivity index is 1.17. The number of rotatable bonds is 20. The zero-order valence-corrected chi connectivity index (χ0v) is 38.3. The zero-order chi connectivity index (χ0) is 46.2. The van der Waals surface area contributed by atoms with Gasteiger partial charge in [-0.1, -0.05) is 103 Å². The van der Waals surface area contributed by atoms with E-state index in [1.54, 1.807) is 30.0 Å². The molecule has 6 unspecified atom stereocenters. The molecule has 0 saturated heterocycles. The van der Waals surface area contributed by atoms with Crippen LogP contribution in [0.4, 0.5) is 5.69 Å². The Kier molecular flexibility index (Phi) is 14.5. The van der Waals surface area contributed by atoms with Crippen LogP contribution in [0.5, 0.6) is 17.2 Å². The Morgan fingerprint density at radius 1 is 0.806 bits per heavy atom. The molecular formula is C56H56N2O8S. The minimum Gasteiger partial charge on any atom is -0.460 e. The lowest BCUT2D eigenvalue weighted by molar-refractivity contribution is -0.384. The molecule has 6 aromatic rings. The lowest BCUT2D eigenvalue weighted by atomic mass is 9.56. The molecule has 344 valence electrons. The van der Waals surface area contributed by atoms with E-state index >= 15 is 0 Å². The molecule has 2 aliphatic carbocycles. The number of hydrogen-bond acceptors (Lipinski definition) is 10. The van der Waals surface area contributed by atoms with Gasteiger partial charge >= 0.3 is 0 Å². The van der Waals surface area contributed by atoms with Crippen LogP contribution in [0.2, 0.25) is 0 Å². The van der Waals surface area contributed by atoms with Gasteiger partial charge in [-0.25, -0.2) is 0 Å². The standard InChI is InChI=1S/C56H56N2O8S/c1-2-32-63-56-53(67-47-28-22-40-14-6-7-15-42(40)33-47)36-51(57-64-37-38-18-23-44(24-19-38)58(61)62)49-34-43(16-8-10-30-59)48(17-9-11-31-60)54(55(49)56)50-35-46(27-29-52(50)66-56)65-45-25-20-41(21-26-45)39-12-4-3-5-13-39/h2-7,12-15,18-29,33-35,43,48,53-55,59-60H,1,8-11,16-17,30-32,36-37H2. The van der Waals surface area contributed by atoms with Crippen molar-refractivity contribution in [1.82, 2.24) is 0 Å². The number of allylic oxidation sites excluding steroid dienone is 1. The largest absolute Gasteiger partial charge is 0.460 e. The molecule has 0 bridgehead atoms. The summed E-state index contributed by atoms with van der Waals surface area (Å²) in [4.78, 5) is 18.3. The molecule has 6 aromatic carbocycles. The number of ether oxygens (including phenoxy) is 3. The highest BCUT2D eigenvalue weighted by Crippen LogP contribution is 2.63. The number of oxime groups is 1. The smallest absolute Gasteiger partial charge is 0.269 e. The molecule has 1 aliphatic heterocycles. The van der Waals surface area contributed by atoms with Gasteiger partial charge < -0.3 is 29.3 Å². The second-order valence-corrected chi connectivity index (χ2v) is 18.8. The third-order valence-electron chi connectivity index (χ3n) is 13.4. The van der Waals surface area contributed by atoms with Crippen LogP contribution < -0.4 is 9.47 Å². The van der Waals surface area contributed by atoms with Gasteiger partial charge in [-0.05, 0) is 125 Å². The van der Waals surface area contributed by atoms with Gasteiger partial charge in [-0.2, -0.15) is 0 Å². The Hall–Kier alpha value is -6.24. The van der Waals surface area contributed by atoms with Crippen molar-refractivity contribution >= 4 is 33.9 Å². The highest BCUT2D eigenvalue weighted by atomic mass is 32.2. The van der Waals surface area contributed by atoms with Crippen LogP contribution in [0.25, 0.3) is 21.9 Å². The molecule has 0 amide bonds. The van der Waals surface area contributed by atoms with Crippen LogP contribution in [-0.4, -0.2) is 51.7 Å². The fraction of sp³-hybridized carbons (Fsp3) is 0.304. The van der Waals surface area contributed by atoms with Crippen molar-refractivity contribution in [3.63, 3.8) is 0 Å². The first-order valence-corrected chi connectivity index (χ1v) is 24.2. The molecule has 3 aliphatic rings. The summed E-state index contributed by atoms with van der Waals surface area (Å²) in [6.45, 7) is 4.68. The van der Waals surface area contributed by atoms with Crippen LogP contribution in [0, 0.1) is 27.9 Å². The van der Waals surface area contributed by atoms with E-state index in [-0.39, 0.29) is 61.0 Å². The van der Waals surface area contributed by atoms with Crippen molar-refractivity contribution in [2.75, 3.05) is 19.8 Å². The number of unbranched alkanes of at least 4 members (excludes halogenated alkanes) is 2. The summed E-state index contributed by atoms with van der Waals surface area (Å²) in [5.41, 5.74) is 5.84. The second kappa shape index (κ2) is 21.2. The summed E-state index contributed by atoms with van der Waals surface area (Å²) in [6.07, 6.45) is 9.36. The molecule has 6 atom stereocenters. The number of nitro groups is 1.